The number of benzene rings is 3. The Balaban J connectivity index is 1.39. The average Bonchev–Trinajstić information content (AvgIpc) is 3.82. The molecule has 1 fully saturated rings. The summed E-state index contributed by atoms with van der Waals surface area (Å²) in [6.45, 7) is 3.38. The lowest BCUT2D eigenvalue weighted by Crippen LogP contribution is -2.62. The maximum Gasteiger partial charge on any atom is 0.246 e. The number of H-pyrrole nitrogens is 1. The maximum absolute atomic E-state index is 15.1. The molecule has 1 saturated heterocycles. The van der Waals surface area contributed by atoms with Crippen LogP contribution in [0.25, 0.3) is 10.9 Å². The van der Waals surface area contributed by atoms with Crippen LogP contribution in [0.3, 0.4) is 0 Å². The molecule has 3 aromatic carbocycles. The van der Waals surface area contributed by atoms with E-state index in [1.807, 2.05) is 49.4 Å². The highest BCUT2D eigenvalue weighted by Crippen LogP contribution is 2.26. The van der Waals surface area contributed by atoms with Crippen LogP contribution in [0.5, 0.6) is 0 Å². The number of aromatic amines is 1. The van der Waals surface area contributed by atoms with E-state index in [2.05, 4.69) is 47.2 Å². The quantitative estimate of drug-likeness (QED) is 0.0446. The Labute approximate surface area is 447 Å². The summed E-state index contributed by atoms with van der Waals surface area (Å²) in [5.41, 5.74) is 20.7. The van der Waals surface area contributed by atoms with E-state index in [4.69, 9.17) is 17.2 Å². The Morgan fingerprint density at radius 3 is 2.14 bits per heavy atom. The van der Waals surface area contributed by atoms with Gasteiger partial charge in [0.15, 0.2) is 5.96 Å². The minimum Gasteiger partial charge on any atom is -0.370 e. The molecule has 14 N–H and O–H groups in total. The zero-order valence-electron chi connectivity index (χ0n) is 43.7. The third kappa shape index (κ3) is 17.1. The lowest BCUT2D eigenvalue weighted by Gasteiger charge is -2.39. The number of hydrogen-bond acceptors (Lipinski definition) is 10. The Bertz CT molecular complexity index is 2760. The number of aliphatic imine (C=N–C) groups is 1. The molecule has 4 aromatic rings. The summed E-state index contributed by atoms with van der Waals surface area (Å²) < 4.78 is 0. The number of guanidine groups is 1. The summed E-state index contributed by atoms with van der Waals surface area (Å²) in [4.78, 5) is 135. The number of para-hydroxylation sites is 1. The van der Waals surface area contributed by atoms with Crippen LogP contribution in [-0.4, -0.2) is 124 Å². The van der Waals surface area contributed by atoms with Gasteiger partial charge in [0.05, 0.1) is 0 Å². The highest BCUT2D eigenvalue weighted by Gasteiger charge is 2.40. The van der Waals surface area contributed by atoms with Gasteiger partial charge in [0, 0.05) is 69.3 Å². The first-order valence-corrected chi connectivity index (χ1v) is 26.4. The summed E-state index contributed by atoms with van der Waals surface area (Å²) in [7, 11) is 0. The zero-order chi connectivity index (χ0) is 55.4. The molecule has 1 aromatic heterocycles. The third-order valence-corrected chi connectivity index (χ3v) is 13.8. The number of nitrogens with one attached hydrogen (secondary N) is 8. The number of unbranched alkanes of at least 4 members (excludes halogenated alkanes) is 1. The molecule has 0 bridgehead atoms. The number of rotatable bonds is 15. The Morgan fingerprint density at radius 1 is 0.753 bits per heavy atom. The molecular formula is C55H73N13O9. The summed E-state index contributed by atoms with van der Waals surface area (Å²) in [5, 5.41) is 20.4. The van der Waals surface area contributed by atoms with Crippen LogP contribution < -0.4 is 54.4 Å². The first-order chi connectivity index (χ1) is 37.0. The lowest BCUT2D eigenvalue weighted by molar-refractivity contribution is -0.146. The highest BCUT2D eigenvalue weighted by molar-refractivity contribution is 5.98. The summed E-state index contributed by atoms with van der Waals surface area (Å²) >= 11 is 0. The molecule has 77 heavy (non-hydrogen) atoms. The number of fused-ring (bicyclic) bond motifs is 3. The molecule has 6 rings (SSSR count). The zero-order valence-corrected chi connectivity index (χ0v) is 43.7. The van der Waals surface area contributed by atoms with Gasteiger partial charge in [0.1, 0.15) is 42.3 Å². The number of primary amides is 1. The highest BCUT2D eigenvalue weighted by atomic mass is 16.2. The Morgan fingerprint density at radius 2 is 1.42 bits per heavy atom. The van der Waals surface area contributed by atoms with Crippen molar-refractivity contribution in [2.75, 3.05) is 13.1 Å². The van der Waals surface area contributed by atoms with Gasteiger partial charge in [-0.2, -0.15) is 0 Å². The fraction of sp³-hybridized carbons (Fsp3) is 0.455. The van der Waals surface area contributed by atoms with Crippen LogP contribution in [0, 0.1) is 0 Å². The number of nitrogens with two attached hydrogens (primary N) is 3. The molecule has 2 aliphatic rings. The molecule has 3 heterocycles. The third-order valence-electron chi connectivity index (χ3n) is 13.8. The van der Waals surface area contributed by atoms with Gasteiger partial charge < -0.3 is 64.3 Å². The van der Waals surface area contributed by atoms with Gasteiger partial charge in [-0.1, -0.05) is 92.6 Å². The monoisotopic (exact) mass is 1060 g/mol. The molecule has 0 radical (unpaired) electrons. The number of carbonyl (C=O) groups excluding carboxylic acids is 9. The number of carbonyl (C=O) groups is 9. The second-order valence-electron chi connectivity index (χ2n) is 19.6. The van der Waals surface area contributed by atoms with E-state index in [0.29, 0.717) is 30.4 Å². The van der Waals surface area contributed by atoms with Gasteiger partial charge in [-0.15, -0.1) is 0 Å². The van der Waals surface area contributed by atoms with Crippen LogP contribution in [-0.2, 0) is 69.0 Å². The minimum absolute atomic E-state index is 0.0197. The average molecular weight is 1060 g/mol. The molecule has 9 amide bonds. The smallest absolute Gasteiger partial charge is 0.246 e. The number of aromatic nitrogens is 1. The van der Waals surface area contributed by atoms with E-state index in [0.717, 1.165) is 28.5 Å². The number of amides is 9. The standard InChI is InChI=1S/C55H73N13O9/c1-3-4-20-41(62-33(2)69)49(72)65-43-24-25-47(70)59-26-13-12-22-40(48(56)71)63-52(75)45(29-37-31-61-39-21-11-10-19-38(37)39)66-50(73)42(23-14-27-60-55(57)58)64-51(74)44(28-34-15-6-5-7-16-34)67-53(76)46-30-35-17-8-9-18-36(35)32-68(46)54(43)77/h5-11,15-19,21,31,40-46,61H,3-4,12-14,20,22-30,32H2,1-2H3,(H2,56,71)(H,59,70)(H,62,69)(H,63,75)(H,64,74)(H,65,72)(H,66,73)(H,67,76)(H4,57,58,60)/t40-,41-,42-,43-,44+,45-,46-/m0/s1. The van der Waals surface area contributed by atoms with Gasteiger partial charge in [-0.25, -0.2) is 0 Å². The second kappa shape index (κ2) is 28.6. The van der Waals surface area contributed by atoms with Crippen LogP contribution in [0.15, 0.2) is 90.1 Å². The summed E-state index contributed by atoms with van der Waals surface area (Å²) in [5.74, 6) is -6.20. The second-order valence-corrected chi connectivity index (χ2v) is 19.6. The predicted molar refractivity (Wildman–Crippen MR) is 289 cm³/mol. The molecule has 7 atom stereocenters. The van der Waals surface area contributed by atoms with Crippen molar-refractivity contribution < 1.29 is 43.2 Å². The molecule has 0 spiro atoms. The Hall–Kier alpha value is -8.30. The van der Waals surface area contributed by atoms with Gasteiger partial charge in [-0.05, 0) is 73.3 Å². The molecule has 22 nitrogen and oxygen atoms in total. The van der Waals surface area contributed by atoms with E-state index in [-0.39, 0.29) is 83.4 Å². The lowest BCUT2D eigenvalue weighted by atomic mass is 9.92. The SMILES string of the molecule is CCCC[C@H](NC(C)=O)C(=O)N[C@H]1CCC(=O)NCCCC[C@@H](C(N)=O)NC(=O)[C@H](Cc2c[nH]c3ccccc23)NC(=O)[C@H](CCCN=C(N)N)NC(=O)[C@@H](Cc2ccccc2)NC(=O)[C@@H]2Cc3ccccc3CN2C1=O. The topological polar surface area (TPSA) is 347 Å². The van der Waals surface area contributed by atoms with Gasteiger partial charge >= 0.3 is 0 Å². The molecule has 0 unspecified atom stereocenters. The largest absolute Gasteiger partial charge is 0.370 e. The van der Waals surface area contributed by atoms with Crippen molar-refractivity contribution in [3.05, 3.63) is 107 Å². The molecule has 0 saturated carbocycles. The van der Waals surface area contributed by atoms with E-state index in [1.165, 1.54) is 11.8 Å². The van der Waals surface area contributed by atoms with Gasteiger partial charge in [0.2, 0.25) is 53.2 Å². The van der Waals surface area contributed by atoms with Crippen molar-refractivity contribution in [3.63, 3.8) is 0 Å². The van der Waals surface area contributed by atoms with E-state index >= 15 is 9.59 Å². The first kappa shape index (κ1) is 58.0. The van der Waals surface area contributed by atoms with E-state index in [1.54, 1.807) is 42.6 Å². The normalized spacial score (nSPS) is 21.8. The minimum atomic E-state index is -1.35. The van der Waals surface area contributed by atoms with Crippen molar-refractivity contribution in [2.45, 2.75) is 146 Å². The first-order valence-electron chi connectivity index (χ1n) is 26.4. The summed E-state index contributed by atoms with van der Waals surface area (Å²) in [6.07, 6.45) is 3.72. The molecule has 2 aliphatic heterocycles. The van der Waals surface area contributed by atoms with Crippen LogP contribution >= 0.6 is 0 Å². The molecule has 22 heteroatoms. The molecule has 0 aliphatic carbocycles. The number of hydrogen-bond donors (Lipinski definition) is 11. The predicted octanol–water partition coefficient (Wildman–Crippen LogP) is 0.645. The maximum atomic E-state index is 15.1. The van der Waals surface area contributed by atoms with Crippen LogP contribution in [0.1, 0.15) is 100 Å². The Kier molecular flexibility index (Phi) is 21.5. The van der Waals surface area contributed by atoms with Crippen LogP contribution in [0.4, 0.5) is 0 Å². The van der Waals surface area contributed by atoms with Crippen molar-refractivity contribution in [3.8, 4) is 0 Å². The van der Waals surface area contributed by atoms with Gasteiger partial charge in [0.25, 0.3) is 0 Å². The van der Waals surface area contributed by atoms with Crippen LogP contribution in [0.2, 0.25) is 0 Å². The van der Waals surface area contributed by atoms with Crippen molar-refractivity contribution in [1.29, 1.82) is 0 Å². The van der Waals surface area contributed by atoms with E-state index in [9.17, 15) is 33.6 Å². The molecule has 412 valence electrons. The fourth-order valence-electron chi connectivity index (χ4n) is 9.64. The summed E-state index contributed by atoms with van der Waals surface area (Å²) in [6, 6.07) is 14.8. The van der Waals surface area contributed by atoms with Crippen molar-refractivity contribution in [2.24, 2.45) is 22.2 Å². The van der Waals surface area contributed by atoms with Crippen molar-refractivity contribution in [1.82, 2.24) is 47.1 Å². The molecular weight excluding hydrogens is 987 g/mol. The van der Waals surface area contributed by atoms with Crippen molar-refractivity contribution >= 4 is 70.0 Å². The van der Waals surface area contributed by atoms with E-state index < -0.39 is 95.5 Å². The fourth-order valence-corrected chi connectivity index (χ4v) is 9.64. The van der Waals surface area contributed by atoms with Gasteiger partial charge in [-0.3, -0.25) is 48.1 Å². The number of nitrogens with zero attached hydrogens (tertiary/aromatic N) is 2.